The van der Waals surface area contributed by atoms with Crippen molar-refractivity contribution >= 4 is 11.6 Å². The minimum absolute atomic E-state index is 0.160. The Morgan fingerprint density at radius 3 is 2.95 bits per heavy atom. The Bertz CT molecular complexity index is 479. The zero-order valence-corrected chi connectivity index (χ0v) is 10.7. The van der Waals surface area contributed by atoms with Crippen molar-refractivity contribution in [2.75, 3.05) is 24.7 Å². The maximum atomic E-state index is 14.1. The summed E-state index contributed by atoms with van der Waals surface area (Å²) in [7, 11) is 0. The maximum absolute atomic E-state index is 14.1. The van der Waals surface area contributed by atoms with E-state index in [1.807, 2.05) is 0 Å². The van der Waals surface area contributed by atoms with Crippen LogP contribution in [-0.4, -0.2) is 36.8 Å². The number of anilines is 1. The third kappa shape index (κ3) is 2.85. The number of halogens is 1. The molecule has 1 aromatic carbocycles. The lowest BCUT2D eigenvalue weighted by Gasteiger charge is -2.35. The molecule has 104 valence electrons. The molecule has 0 bridgehead atoms. The van der Waals surface area contributed by atoms with E-state index in [2.05, 4.69) is 0 Å². The van der Waals surface area contributed by atoms with Gasteiger partial charge in [0, 0.05) is 6.54 Å². The minimum Gasteiger partial charge on any atom is -0.389 e. The molecule has 1 fully saturated rings. The highest BCUT2D eigenvalue weighted by Crippen LogP contribution is 2.26. The number of carbonyl (C=O) groups is 1. The van der Waals surface area contributed by atoms with E-state index in [0.29, 0.717) is 24.4 Å². The highest BCUT2D eigenvalue weighted by Gasteiger charge is 2.29. The van der Waals surface area contributed by atoms with Gasteiger partial charge >= 0.3 is 0 Å². The first kappa shape index (κ1) is 13.8. The molecule has 0 saturated carbocycles. The van der Waals surface area contributed by atoms with Crippen LogP contribution >= 0.6 is 0 Å². The first-order valence-corrected chi connectivity index (χ1v) is 6.12. The van der Waals surface area contributed by atoms with E-state index < -0.39 is 23.9 Å². The number of rotatable bonds is 3. The molecule has 1 aliphatic rings. The van der Waals surface area contributed by atoms with Crippen LogP contribution in [0.1, 0.15) is 18.6 Å². The third-order valence-corrected chi connectivity index (χ3v) is 3.22. The van der Waals surface area contributed by atoms with Gasteiger partial charge in [-0.1, -0.05) is 6.07 Å². The SMILES string of the molecule is CC(O)c1ccc(N2CCOCC2C(N)=O)c(F)c1. The monoisotopic (exact) mass is 268 g/mol. The highest BCUT2D eigenvalue weighted by molar-refractivity contribution is 5.84. The standard InChI is InChI=1S/C13H17FN2O3/c1-8(17)9-2-3-11(10(14)6-9)16-4-5-19-7-12(16)13(15)18/h2-3,6,8,12,17H,4-5,7H2,1H3,(H2,15,18). The van der Waals surface area contributed by atoms with Crippen LogP contribution in [0.5, 0.6) is 0 Å². The molecule has 1 heterocycles. The number of ether oxygens (including phenoxy) is 1. The average Bonchev–Trinajstić information content (AvgIpc) is 2.38. The Kier molecular flexibility index (Phi) is 4.01. The van der Waals surface area contributed by atoms with Gasteiger partial charge in [0.25, 0.3) is 0 Å². The summed E-state index contributed by atoms with van der Waals surface area (Å²) in [6.07, 6.45) is -0.736. The van der Waals surface area contributed by atoms with E-state index in [9.17, 15) is 14.3 Å². The van der Waals surface area contributed by atoms with Gasteiger partial charge in [0.2, 0.25) is 5.91 Å². The number of hydrogen-bond acceptors (Lipinski definition) is 4. The maximum Gasteiger partial charge on any atom is 0.242 e. The van der Waals surface area contributed by atoms with Gasteiger partial charge in [-0.15, -0.1) is 0 Å². The summed E-state index contributed by atoms with van der Waals surface area (Å²) in [4.78, 5) is 13.0. The Morgan fingerprint density at radius 1 is 1.63 bits per heavy atom. The Morgan fingerprint density at radius 2 is 2.37 bits per heavy atom. The van der Waals surface area contributed by atoms with Crippen molar-refractivity contribution in [3.8, 4) is 0 Å². The number of nitrogens with zero attached hydrogens (tertiary/aromatic N) is 1. The van der Waals surface area contributed by atoms with Crippen LogP contribution in [0.4, 0.5) is 10.1 Å². The fraction of sp³-hybridized carbons (Fsp3) is 0.462. The molecule has 2 rings (SSSR count). The molecule has 6 heteroatoms. The molecule has 3 N–H and O–H groups in total. The van der Waals surface area contributed by atoms with E-state index >= 15 is 0 Å². The predicted molar refractivity (Wildman–Crippen MR) is 68.2 cm³/mol. The predicted octanol–water partition coefficient (Wildman–Crippen LogP) is 0.570. The van der Waals surface area contributed by atoms with E-state index in [1.54, 1.807) is 24.0 Å². The second-order valence-corrected chi connectivity index (χ2v) is 4.57. The number of carbonyl (C=O) groups excluding carboxylic acids is 1. The van der Waals surface area contributed by atoms with Crippen molar-refractivity contribution in [3.05, 3.63) is 29.6 Å². The van der Waals surface area contributed by atoms with Crippen LogP contribution < -0.4 is 10.6 Å². The summed E-state index contributed by atoms with van der Waals surface area (Å²) >= 11 is 0. The molecule has 2 unspecified atom stereocenters. The number of aliphatic hydroxyl groups is 1. The van der Waals surface area contributed by atoms with Crippen molar-refractivity contribution in [3.63, 3.8) is 0 Å². The molecule has 1 aromatic rings. The lowest BCUT2D eigenvalue weighted by molar-refractivity contribution is -0.121. The van der Waals surface area contributed by atoms with Crippen LogP contribution in [0, 0.1) is 5.82 Å². The van der Waals surface area contributed by atoms with Gasteiger partial charge in [0.1, 0.15) is 11.9 Å². The Balaban J connectivity index is 2.31. The number of benzene rings is 1. The molecular weight excluding hydrogens is 251 g/mol. The van der Waals surface area contributed by atoms with Crippen molar-refractivity contribution in [2.45, 2.75) is 19.1 Å². The topological polar surface area (TPSA) is 75.8 Å². The van der Waals surface area contributed by atoms with Gasteiger partial charge in [-0.2, -0.15) is 0 Å². The fourth-order valence-corrected chi connectivity index (χ4v) is 2.14. The van der Waals surface area contributed by atoms with Crippen LogP contribution in [0.3, 0.4) is 0 Å². The molecule has 0 radical (unpaired) electrons. The number of aliphatic hydroxyl groups excluding tert-OH is 1. The molecule has 0 aliphatic carbocycles. The first-order chi connectivity index (χ1) is 9.00. The normalized spacial score (nSPS) is 21.2. The summed E-state index contributed by atoms with van der Waals surface area (Å²) in [6.45, 7) is 2.54. The molecule has 5 nitrogen and oxygen atoms in total. The number of hydrogen-bond donors (Lipinski definition) is 2. The summed E-state index contributed by atoms with van der Waals surface area (Å²) < 4.78 is 19.3. The van der Waals surface area contributed by atoms with Crippen LogP contribution in [0.25, 0.3) is 0 Å². The van der Waals surface area contributed by atoms with Gasteiger partial charge in [-0.05, 0) is 24.6 Å². The first-order valence-electron chi connectivity index (χ1n) is 6.12. The summed E-state index contributed by atoms with van der Waals surface area (Å²) in [5.74, 6) is -1.02. The Labute approximate surface area is 110 Å². The number of primary amides is 1. The number of amides is 1. The molecule has 0 aromatic heterocycles. The number of nitrogens with two attached hydrogens (primary N) is 1. The minimum atomic E-state index is -0.736. The molecule has 1 saturated heterocycles. The lowest BCUT2D eigenvalue weighted by atomic mass is 10.1. The third-order valence-electron chi connectivity index (χ3n) is 3.22. The zero-order valence-electron chi connectivity index (χ0n) is 10.7. The van der Waals surface area contributed by atoms with E-state index in [4.69, 9.17) is 10.5 Å². The van der Waals surface area contributed by atoms with Crippen LogP contribution in [-0.2, 0) is 9.53 Å². The van der Waals surface area contributed by atoms with Gasteiger partial charge in [0.15, 0.2) is 0 Å². The van der Waals surface area contributed by atoms with Gasteiger partial charge in [-0.25, -0.2) is 4.39 Å². The lowest BCUT2D eigenvalue weighted by Crippen LogP contribution is -2.53. The van der Waals surface area contributed by atoms with Gasteiger partial charge in [-0.3, -0.25) is 4.79 Å². The van der Waals surface area contributed by atoms with Crippen molar-refractivity contribution < 1.29 is 19.0 Å². The molecule has 1 amide bonds. The molecular formula is C13H17FN2O3. The summed E-state index contributed by atoms with van der Waals surface area (Å²) in [5, 5.41) is 9.42. The second kappa shape index (κ2) is 5.54. The average molecular weight is 268 g/mol. The zero-order chi connectivity index (χ0) is 14.0. The van der Waals surface area contributed by atoms with E-state index in [0.717, 1.165) is 0 Å². The van der Waals surface area contributed by atoms with Crippen molar-refractivity contribution in [2.24, 2.45) is 5.73 Å². The van der Waals surface area contributed by atoms with Crippen LogP contribution in [0.15, 0.2) is 18.2 Å². The summed E-state index contributed by atoms with van der Waals surface area (Å²) in [6, 6.07) is 3.80. The fourth-order valence-electron chi connectivity index (χ4n) is 2.14. The summed E-state index contributed by atoms with van der Waals surface area (Å²) in [5.41, 5.74) is 6.09. The van der Waals surface area contributed by atoms with E-state index in [-0.39, 0.29) is 6.61 Å². The smallest absolute Gasteiger partial charge is 0.242 e. The van der Waals surface area contributed by atoms with Gasteiger partial charge < -0.3 is 20.5 Å². The quantitative estimate of drug-likeness (QED) is 0.840. The molecule has 1 aliphatic heterocycles. The largest absolute Gasteiger partial charge is 0.389 e. The van der Waals surface area contributed by atoms with E-state index in [1.165, 1.54) is 6.07 Å². The molecule has 2 atom stereocenters. The van der Waals surface area contributed by atoms with Gasteiger partial charge in [0.05, 0.1) is 25.0 Å². The molecule has 19 heavy (non-hydrogen) atoms. The highest BCUT2D eigenvalue weighted by atomic mass is 19.1. The van der Waals surface area contributed by atoms with Crippen molar-refractivity contribution in [1.82, 2.24) is 0 Å². The van der Waals surface area contributed by atoms with Crippen LogP contribution in [0.2, 0.25) is 0 Å². The molecule has 0 spiro atoms. The number of morpholine rings is 1. The van der Waals surface area contributed by atoms with Crippen molar-refractivity contribution in [1.29, 1.82) is 0 Å². The second-order valence-electron chi connectivity index (χ2n) is 4.57. The Hall–Kier alpha value is -1.66.